The number of nitrogens with one attached hydrogen (secondary N) is 1. The molecule has 1 aliphatic rings. The number of aryl methyl sites for hydroxylation is 1. The van der Waals surface area contributed by atoms with Gasteiger partial charge in [-0.25, -0.2) is 4.98 Å². The number of rotatable bonds is 5. The minimum atomic E-state index is 0.307. The van der Waals surface area contributed by atoms with E-state index in [2.05, 4.69) is 41.8 Å². The first kappa shape index (κ1) is 15.4. The van der Waals surface area contributed by atoms with Crippen LogP contribution in [0.1, 0.15) is 51.8 Å². The molecule has 114 valence electrons. The van der Waals surface area contributed by atoms with E-state index in [9.17, 15) is 0 Å². The normalized spacial score (nSPS) is 28.4. The van der Waals surface area contributed by atoms with E-state index in [4.69, 9.17) is 4.74 Å². The molecular weight excluding hydrogens is 250 g/mol. The smallest absolute Gasteiger partial charge is 0.203 e. The number of hydrogen-bond acceptors (Lipinski definition) is 3. The average molecular weight is 279 g/mol. The number of anilines is 1. The van der Waals surface area contributed by atoms with E-state index in [1.807, 2.05) is 6.92 Å². The molecule has 1 saturated carbocycles. The molecule has 0 saturated heterocycles. The quantitative estimate of drug-likeness (QED) is 0.894. The van der Waals surface area contributed by atoms with Crippen LogP contribution in [0.15, 0.2) is 6.20 Å². The fourth-order valence-electron chi connectivity index (χ4n) is 3.33. The summed E-state index contributed by atoms with van der Waals surface area (Å²) in [6.07, 6.45) is 5.98. The van der Waals surface area contributed by atoms with Crippen LogP contribution in [0.2, 0.25) is 0 Å². The number of hydrogen-bond donors (Lipinski definition) is 1. The Kier molecular flexibility index (Phi) is 5.08. The standard InChI is InChI=1S/C16H29N3O/c1-11-6-7-15(12(2)8-11)18-16-17-13(3)9-19(16)14(4)10-20-5/h9,11-12,14-15H,6-8,10H2,1-5H3,(H,17,18). The summed E-state index contributed by atoms with van der Waals surface area (Å²) in [7, 11) is 1.75. The lowest BCUT2D eigenvalue weighted by Crippen LogP contribution is -2.34. The minimum Gasteiger partial charge on any atom is -0.383 e. The van der Waals surface area contributed by atoms with Crippen LogP contribution in [0.3, 0.4) is 0 Å². The van der Waals surface area contributed by atoms with Gasteiger partial charge >= 0.3 is 0 Å². The summed E-state index contributed by atoms with van der Waals surface area (Å²) in [5.41, 5.74) is 1.06. The molecule has 1 N–H and O–H groups in total. The van der Waals surface area contributed by atoms with Crippen molar-refractivity contribution in [3.8, 4) is 0 Å². The maximum Gasteiger partial charge on any atom is 0.203 e. The van der Waals surface area contributed by atoms with Crippen molar-refractivity contribution < 1.29 is 4.74 Å². The topological polar surface area (TPSA) is 39.1 Å². The van der Waals surface area contributed by atoms with E-state index in [1.54, 1.807) is 7.11 Å². The molecule has 0 aromatic carbocycles. The van der Waals surface area contributed by atoms with Crippen LogP contribution in [0, 0.1) is 18.8 Å². The SMILES string of the molecule is COCC(C)n1cc(C)nc1NC1CCC(C)CC1C. The molecule has 4 unspecified atom stereocenters. The highest BCUT2D eigenvalue weighted by atomic mass is 16.5. The second-order valence-electron chi connectivity index (χ2n) is 6.56. The summed E-state index contributed by atoms with van der Waals surface area (Å²) in [6, 6.07) is 0.850. The third kappa shape index (κ3) is 3.54. The number of ether oxygens (including phenoxy) is 1. The molecule has 0 radical (unpaired) electrons. The molecule has 1 fully saturated rings. The number of imidazole rings is 1. The summed E-state index contributed by atoms with van der Waals surface area (Å²) in [6.45, 7) is 9.64. The fourth-order valence-corrected chi connectivity index (χ4v) is 3.33. The Morgan fingerprint density at radius 2 is 2.20 bits per heavy atom. The highest BCUT2D eigenvalue weighted by Gasteiger charge is 2.26. The van der Waals surface area contributed by atoms with Gasteiger partial charge < -0.3 is 14.6 Å². The Balaban J connectivity index is 2.09. The third-order valence-corrected chi connectivity index (χ3v) is 4.48. The summed E-state index contributed by atoms with van der Waals surface area (Å²) >= 11 is 0. The Morgan fingerprint density at radius 3 is 2.85 bits per heavy atom. The van der Waals surface area contributed by atoms with Gasteiger partial charge in [-0.15, -0.1) is 0 Å². The number of nitrogens with zero attached hydrogens (tertiary/aromatic N) is 2. The highest BCUT2D eigenvalue weighted by Crippen LogP contribution is 2.31. The monoisotopic (exact) mass is 279 g/mol. The summed E-state index contributed by atoms with van der Waals surface area (Å²) < 4.78 is 7.48. The van der Waals surface area contributed by atoms with Gasteiger partial charge in [0.05, 0.1) is 18.3 Å². The lowest BCUT2D eigenvalue weighted by Gasteiger charge is -2.33. The van der Waals surface area contributed by atoms with E-state index in [-0.39, 0.29) is 0 Å². The van der Waals surface area contributed by atoms with Gasteiger partial charge in [-0.05, 0) is 44.9 Å². The lowest BCUT2D eigenvalue weighted by atomic mass is 9.80. The first-order chi connectivity index (χ1) is 9.51. The molecule has 1 heterocycles. The van der Waals surface area contributed by atoms with Crippen molar-refractivity contribution in [1.82, 2.24) is 9.55 Å². The maximum atomic E-state index is 5.27. The van der Waals surface area contributed by atoms with Gasteiger partial charge in [-0.3, -0.25) is 0 Å². The van der Waals surface area contributed by atoms with Crippen molar-refractivity contribution in [1.29, 1.82) is 0 Å². The summed E-state index contributed by atoms with van der Waals surface area (Å²) in [4.78, 5) is 4.66. The van der Waals surface area contributed by atoms with Gasteiger partial charge in [0, 0.05) is 19.3 Å². The summed E-state index contributed by atoms with van der Waals surface area (Å²) in [5, 5.41) is 3.68. The molecule has 0 bridgehead atoms. The van der Waals surface area contributed by atoms with E-state index in [0.29, 0.717) is 24.6 Å². The van der Waals surface area contributed by atoms with Crippen LogP contribution in [0.4, 0.5) is 5.95 Å². The van der Waals surface area contributed by atoms with Crippen LogP contribution in [-0.4, -0.2) is 29.3 Å². The Morgan fingerprint density at radius 1 is 1.45 bits per heavy atom. The van der Waals surface area contributed by atoms with Crippen LogP contribution in [-0.2, 0) is 4.74 Å². The first-order valence-corrected chi connectivity index (χ1v) is 7.82. The first-order valence-electron chi connectivity index (χ1n) is 7.82. The molecule has 0 spiro atoms. The van der Waals surface area contributed by atoms with Gasteiger partial charge in [-0.1, -0.05) is 13.8 Å². The molecule has 20 heavy (non-hydrogen) atoms. The van der Waals surface area contributed by atoms with Gasteiger partial charge in [0.1, 0.15) is 0 Å². The zero-order valence-corrected chi connectivity index (χ0v) is 13.5. The Hall–Kier alpha value is -1.03. The molecule has 0 amide bonds. The van der Waals surface area contributed by atoms with Gasteiger partial charge in [0.25, 0.3) is 0 Å². The maximum absolute atomic E-state index is 5.27. The zero-order valence-electron chi connectivity index (χ0n) is 13.5. The van der Waals surface area contributed by atoms with Gasteiger partial charge in [0.15, 0.2) is 0 Å². The van der Waals surface area contributed by atoms with E-state index in [1.165, 1.54) is 19.3 Å². The van der Waals surface area contributed by atoms with Crippen molar-refractivity contribution in [2.45, 2.75) is 59.0 Å². The largest absolute Gasteiger partial charge is 0.383 e. The van der Waals surface area contributed by atoms with Gasteiger partial charge in [-0.2, -0.15) is 0 Å². The van der Waals surface area contributed by atoms with Crippen LogP contribution >= 0.6 is 0 Å². The zero-order chi connectivity index (χ0) is 14.7. The highest BCUT2D eigenvalue weighted by molar-refractivity contribution is 5.31. The lowest BCUT2D eigenvalue weighted by molar-refractivity contribution is 0.162. The molecule has 4 nitrogen and oxygen atoms in total. The van der Waals surface area contributed by atoms with Crippen molar-refractivity contribution in [2.75, 3.05) is 19.0 Å². The van der Waals surface area contributed by atoms with Crippen molar-refractivity contribution in [3.05, 3.63) is 11.9 Å². The second kappa shape index (κ2) is 6.61. The van der Waals surface area contributed by atoms with E-state index in [0.717, 1.165) is 17.6 Å². The summed E-state index contributed by atoms with van der Waals surface area (Å²) in [5.74, 6) is 2.57. The van der Waals surface area contributed by atoms with Crippen LogP contribution < -0.4 is 5.32 Å². The third-order valence-electron chi connectivity index (χ3n) is 4.48. The molecule has 1 aliphatic carbocycles. The molecule has 4 atom stereocenters. The Labute approximate surface area is 122 Å². The van der Waals surface area contributed by atoms with Crippen LogP contribution in [0.25, 0.3) is 0 Å². The number of aromatic nitrogens is 2. The molecule has 4 heteroatoms. The number of methoxy groups -OCH3 is 1. The Bertz CT molecular complexity index is 429. The molecule has 1 aromatic rings. The van der Waals surface area contributed by atoms with Crippen molar-refractivity contribution >= 4 is 5.95 Å². The second-order valence-corrected chi connectivity index (χ2v) is 6.56. The van der Waals surface area contributed by atoms with Crippen molar-refractivity contribution in [3.63, 3.8) is 0 Å². The predicted molar refractivity (Wildman–Crippen MR) is 83.1 cm³/mol. The van der Waals surface area contributed by atoms with E-state index < -0.39 is 0 Å². The van der Waals surface area contributed by atoms with Crippen molar-refractivity contribution in [2.24, 2.45) is 11.8 Å². The molecular formula is C16H29N3O. The molecule has 0 aliphatic heterocycles. The molecule has 2 rings (SSSR count). The van der Waals surface area contributed by atoms with Gasteiger partial charge in [0.2, 0.25) is 5.95 Å². The predicted octanol–water partition coefficient (Wildman–Crippen LogP) is 3.64. The van der Waals surface area contributed by atoms with E-state index >= 15 is 0 Å². The van der Waals surface area contributed by atoms with Crippen LogP contribution in [0.5, 0.6) is 0 Å². The molecule has 1 aromatic heterocycles. The average Bonchev–Trinajstić information content (AvgIpc) is 2.74. The fraction of sp³-hybridized carbons (Fsp3) is 0.812. The minimum absolute atomic E-state index is 0.307.